The van der Waals surface area contributed by atoms with Gasteiger partial charge in [0.1, 0.15) is 11.5 Å². The van der Waals surface area contributed by atoms with Gasteiger partial charge in [-0.15, -0.1) is 10.2 Å². The van der Waals surface area contributed by atoms with E-state index < -0.39 is 0 Å². The van der Waals surface area contributed by atoms with Gasteiger partial charge >= 0.3 is 0 Å². The summed E-state index contributed by atoms with van der Waals surface area (Å²) < 4.78 is 26.9. The van der Waals surface area contributed by atoms with Crippen molar-refractivity contribution in [1.29, 1.82) is 0 Å². The van der Waals surface area contributed by atoms with Crippen molar-refractivity contribution >= 4 is 0 Å². The topological polar surface area (TPSA) is 75.8 Å². The van der Waals surface area contributed by atoms with Gasteiger partial charge in [0.15, 0.2) is 11.5 Å². The van der Waals surface area contributed by atoms with E-state index in [1.165, 1.54) is 0 Å². The Kier molecular flexibility index (Phi) is 5.26. The van der Waals surface area contributed by atoms with E-state index >= 15 is 0 Å². The molecule has 0 bridgehead atoms. The second kappa shape index (κ2) is 7.77. The summed E-state index contributed by atoms with van der Waals surface area (Å²) in [7, 11) is 6.39. The van der Waals surface area contributed by atoms with Gasteiger partial charge in [-0.1, -0.05) is 6.07 Å². The molecule has 7 nitrogen and oxygen atoms in total. The summed E-state index contributed by atoms with van der Waals surface area (Å²) in [4.78, 5) is 0. The fourth-order valence-electron chi connectivity index (χ4n) is 2.54. The number of rotatable bonds is 7. The van der Waals surface area contributed by atoms with Crippen LogP contribution in [0.4, 0.5) is 0 Å². The molecule has 0 spiro atoms. The predicted octanol–water partition coefficient (Wildman–Crippen LogP) is 3.36. The minimum absolute atomic E-state index is 0.401. The highest BCUT2D eigenvalue weighted by Gasteiger charge is 2.13. The maximum atomic E-state index is 5.80. The zero-order valence-corrected chi connectivity index (χ0v) is 15.1. The van der Waals surface area contributed by atoms with Crippen LogP contribution < -0.4 is 18.9 Å². The van der Waals surface area contributed by atoms with Crippen molar-refractivity contribution in [3.05, 3.63) is 47.9 Å². The Bertz CT molecular complexity index is 869. The smallest absolute Gasteiger partial charge is 0.248 e. The highest BCUT2D eigenvalue weighted by molar-refractivity contribution is 5.59. The molecule has 1 heterocycles. The van der Waals surface area contributed by atoms with Gasteiger partial charge in [0, 0.05) is 11.6 Å². The molecule has 136 valence electrons. The first-order valence-electron chi connectivity index (χ1n) is 7.93. The molecule has 3 aromatic rings. The number of hydrogen-bond donors (Lipinski definition) is 0. The monoisotopic (exact) mass is 356 g/mol. The van der Waals surface area contributed by atoms with Crippen LogP contribution in [0.5, 0.6) is 23.0 Å². The SMILES string of the molecule is COc1cc(OC)cc(-c2nnc(Cc3ccc(OC)c(OC)c3)o2)c1. The Hall–Kier alpha value is -3.22. The lowest BCUT2D eigenvalue weighted by Crippen LogP contribution is -1.94. The Morgan fingerprint density at radius 1 is 0.769 bits per heavy atom. The molecule has 26 heavy (non-hydrogen) atoms. The van der Waals surface area contributed by atoms with Crippen LogP contribution in [0.25, 0.3) is 11.5 Å². The lowest BCUT2D eigenvalue weighted by Gasteiger charge is -2.08. The zero-order valence-electron chi connectivity index (χ0n) is 15.1. The third kappa shape index (κ3) is 3.72. The number of methoxy groups -OCH3 is 4. The average Bonchev–Trinajstić information content (AvgIpc) is 3.15. The Morgan fingerprint density at radius 3 is 2.08 bits per heavy atom. The van der Waals surface area contributed by atoms with Crippen molar-refractivity contribution < 1.29 is 23.4 Å². The molecule has 0 amide bonds. The molecule has 2 aromatic carbocycles. The van der Waals surface area contributed by atoms with E-state index in [2.05, 4.69) is 10.2 Å². The van der Waals surface area contributed by atoms with Gasteiger partial charge in [0.05, 0.1) is 34.9 Å². The van der Waals surface area contributed by atoms with Gasteiger partial charge < -0.3 is 23.4 Å². The van der Waals surface area contributed by atoms with Crippen LogP contribution in [-0.2, 0) is 6.42 Å². The van der Waals surface area contributed by atoms with E-state index in [1.807, 2.05) is 30.3 Å². The van der Waals surface area contributed by atoms with Gasteiger partial charge in [-0.25, -0.2) is 0 Å². The lowest BCUT2D eigenvalue weighted by molar-refractivity contribution is 0.354. The Morgan fingerprint density at radius 2 is 1.46 bits per heavy atom. The summed E-state index contributed by atoms with van der Waals surface area (Å²) >= 11 is 0. The quantitative estimate of drug-likeness (QED) is 0.642. The highest BCUT2D eigenvalue weighted by atomic mass is 16.5. The van der Waals surface area contributed by atoms with E-state index in [0.29, 0.717) is 41.2 Å². The summed E-state index contributed by atoms with van der Waals surface area (Å²) in [6, 6.07) is 11.1. The molecule has 0 saturated heterocycles. The van der Waals surface area contributed by atoms with Gasteiger partial charge in [-0.05, 0) is 29.8 Å². The first-order chi connectivity index (χ1) is 12.7. The largest absolute Gasteiger partial charge is 0.497 e. The fraction of sp³-hybridized carbons (Fsp3) is 0.263. The molecule has 0 saturated carbocycles. The number of benzene rings is 2. The fourth-order valence-corrected chi connectivity index (χ4v) is 2.54. The second-order valence-corrected chi connectivity index (χ2v) is 5.47. The van der Waals surface area contributed by atoms with Crippen molar-refractivity contribution in [3.63, 3.8) is 0 Å². The van der Waals surface area contributed by atoms with E-state index in [0.717, 1.165) is 11.1 Å². The lowest BCUT2D eigenvalue weighted by atomic mass is 10.1. The second-order valence-electron chi connectivity index (χ2n) is 5.47. The zero-order chi connectivity index (χ0) is 18.5. The highest BCUT2D eigenvalue weighted by Crippen LogP contribution is 2.31. The van der Waals surface area contributed by atoms with Gasteiger partial charge in [-0.2, -0.15) is 0 Å². The molecule has 0 unspecified atom stereocenters. The summed E-state index contributed by atoms with van der Waals surface area (Å²) in [5.41, 5.74) is 1.70. The summed E-state index contributed by atoms with van der Waals surface area (Å²) in [5, 5.41) is 8.25. The van der Waals surface area contributed by atoms with Crippen molar-refractivity contribution in [2.45, 2.75) is 6.42 Å². The molecular weight excluding hydrogens is 336 g/mol. The molecule has 0 atom stereocenters. The van der Waals surface area contributed by atoms with Crippen molar-refractivity contribution in [3.8, 4) is 34.5 Å². The van der Waals surface area contributed by atoms with E-state index in [-0.39, 0.29) is 0 Å². The Labute approximate surface area is 151 Å². The van der Waals surface area contributed by atoms with E-state index in [9.17, 15) is 0 Å². The minimum Gasteiger partial charge on any atom is -0.497 e. The van der Waals surface area contributed by atoms with E-state index in [4.69, 9.17) is 23.4 Å². The van der Waals surface area contributed by atoms with Crippen molar-refractivity contribution in [1.82, 2.24) is 10.2 Å². The molecule has 0 N–H and O–H groups in total. The van der Waals surface area contributed by atoms with Gasteiger partial charge in [0.2, 0.25) is 11.8 Å². The number of hydrogen-bond acceptors (Lipinski definition) is 7. The maximum absolute atomic E-state index is 5.80. The van der Waals surface area contributed by atoms with Crippen LogP contribution in [-0.4, -0.2) is 38.6 Å². The first-order valence-corrected chi connectivity index (χ1v) is 7.93. The normalized spacial score (nSPS) is 10.5. The number of ether oxygens (including phenoxy) is 4. The van der Waals surface area contributed by atoms with E-state index in [1.54, 1.807) is 34.5 Å². The first kappa shape index (κ1) is 17.6. The summed E-state index contributed by atoms with van der Waals surface area (Å²) in [6.07, 6.45) is 0.481. The number of aromatic nitrogens is 2. The average molecular weight is 356 g/mol. The summed E-state index contributed by atoms with van der Waals surface area (Å²) in [5.74, 6) is 3.53. The predicted molar refractivity (Wildman–Crippen MR) is 95.2 cm³/mol. The molecule has 7 heteroatoms. The van der Waals surface area contributed by atoms with Crippen LogP contribution >= 0.6 is 0 Å². The molecule has 3 rings (SSSR count). The van der Waals surface area contributed by atoms with Crippen molar-refractivity contribution in [2.24, 2.45) is 0 Å². The third-order valence-corrected chi connectivity index (χ3v) is 3.87. The summed E-state index contributed by atoms with van der Waals surface area (Å²) in [6.45, 7) is 0. The van der Waals surface area contributed by atoms with Crippen LogP contribution in [0.15, 0.2) is 40.8 Å². The standard InChI is InChI=1S/C19H20N2O5/c1-22-14-9-13(10-15(11-14)23-2)19-21-20-18(26-19)8-12-5-6-16(24-3)17(7-12)25-4/h5-7,9-11H,8H2,1-4H3. The molecule has 0 aliphatic rings. The molecule has 0 fully saturated rings. The third-order valence-electron chi connectivity index (χ3n) is 3.87. The van der Waals surface area contributed by atoms with Gasteiger partial charge in [0.25, 0.3) is 0 Å². The van der Waals surface area contributed by atoms with Crippen LogP contribution in [0, 0.1) is 0 Å². The van der Waals surface area contributed by atoms with Gasteiger partial charge in [-0.3, -0.25) is 0 Å². The molecule has 0 aliphatic carbocycles. The maximum Gasteiger partial charge on any atom is 0.248 e. The Balaban J connectivity index is 1.84. The van der Waals surface area contributed by atoms with Crippen molar-refractivity contribution in [2.75, 3.05) is 28.4 Å². The molecule has 1 aromatic heterocycles. The number of nitrogens with zero attached hydrogens (tertiary/aromatic N) is 2. The van der Waals surface area contributed by atoms with Crippen LogP contribution in [0.1, 0.15) is 11.5 Å². The van der Waals surface area contributed by atoms with Crippen LogP contribution in [0.2, 0.25) is 0 Å². The van der Waals surface area contributed by atoms with Crippen LogP contribution in [0.3, 0.4) is 0 Å². The minimum atomic E-state index is 0.401. The molecule has 0 aliphatic heterocycles. The molecule has 0 radical (unpaired) electrons. The molecular formula is C19H20N2O5.